The first-order chi connectivity index (χ1) is 8.75. The van der Waals surface area contributed by atoms with Gasteiger partial charge in [-0.2, -0.15) is 0 Å². The minimum absolute atomic E-state index is 0.155. The Balaban J connectivity index is 1.88. The lowest BCUT2D eigenvalue weighted by Crippen LogP contribution is -2.45. The predicted molar refractivity (Wildman–Crippen MR) is 71.3 cm³/mol. The Bertz CT molecular complexity index is 428. The predicted octanol–water partition coefficient (Wildman–Crippen LogP) is 2.84. The van der Waals surface area contributed by atoms with E-state index in [4.69, 9.17) is 11.6 Å². The van der Waals surface area contributed by atoms with Gasteiger partial charge in [0.15, 0.2) is 0 Å². The number of nitrogens with zero attached hydrogens (tertiary/aromatic N) is 1. The molecule has 1 saturated carbocycles. The summed E-state index contributed by atoms with van der Waals surface area (Å²) in [5, 5.41) is 3.83. The smallest absolute Gasteiger partial charge is 0.129 e. The van der Waals surface area contributed by atoms with Gasteiger partial charge in [-0.1, -0.05) is 17.7 Å². The van der Waals surface area contributed by atoms with Gasteiger partial charge in [0.2, 0.25) is 0 Å². The highest BCUT2D eigenvalue weighted by Crippen LogP contribution is 2.45. The molecule has 2 aliphatic rings. The fourth-order valence-corrected chi connectivity index (χ4v) is 3.02. The fourth-order valence-electron chi connectivity index (χ4n) is 2.86. The maximum absolute atomic E-state index is 14.1. The van der Waals surface area contributed by atoms with Crippen molar-refractivity contribution in [3.63, 3.8) is 0 Å². The molecule has 0 amide bonds. The van der Waals surface area contributed by atoms with E-state index in [1.54, 1.807) is 6.07 Å². The highest BCUT2D eigenvalue weighted by atomic mass is 35.5. The Morgan fingerprint density at radius 3 is 2.61 bits per heavy atom. The molecular weight excluding hydrogens is 251 g/mol. The van der Waals surface area contributed by atoms with Crippen LogP contribution in [0.1, 0.15) is 24.4 Å². The third-order valence-electron chi connectivity index (χ3n) is 3.89. The molecule has 0 unspecified atom stereocenters. The molecule has 0 bridgehead atoms. The van der Waals surface area contributed by atoms with Gasteiger partial charge in [0, 0.05) is 42.8 Å². The molecule has 1 atom stereocenters. The lowest BCUT2D eigenvalue weighted by Gasteiger charge is -2.35. The first kappa shape index (κ1) is 12.4. The van der Waals surface area contributed by atoms with Gasteiger partial charge in [0.1, 0.15) is 5.82 Å². The molecule has 3 rings (SSSR count). The van der Waals surface area contributed by atoms with Crippen molar-refractivity contribution < 1.29 is 4.39 Å². The van der Waals surface area contributed by atoms with Gasteiger partial charge in [0.05, 0.1) is 0 Å². The summed E-state index contributed by atoms with van der Waals surface area (Å²) in [6.07, 6.45) is 2.44. The second-order valence-corrected chi connectivity index (χ2v) is 5.67. The number of piperazine rings is 1. The first-order valence-electron chi connectivity index (χ1n) is 6.65. The SMILES string of the molecule is Fc1cc(Cl)ccc1[C@H](C1CC1)N1CCNCC1. The molecule has 98 valence electrons. The second kappa shape index (κ2) is 5.16. The van der Waals surface area contributed by atoms with Gasteiger partial charge < -0.3 is 5.32 Å². The van der Waals surface area contributed by atoms with E-state index in [0.717, 1.165) is 31.7 Å². The normalized spacial score (nSPS) is 23.0. The molecule has 1 aliphatic heterocycles. The highest BCUT2D eigenvalue weighted by molar-refractivity contribution is 6.30. The van der Waals surface area contributed by atoms with E-state index in [-0.39, 0.29) is 11.9 Å². The Hall–Kier alpha value is -0.640. The minimum atomic E-state index is -0.155. The quantitative estimate of drug-likeness (QED) is 0.907. The van der Waals surface area contributed by atoms with Crippen LogP contribution in [-0.2, 0) is 0 Å². The van der Waals surface area contributed by atoms with Gasteiger partial charge in [-0.05, 0) is 30.9 Å². The van der Waals surface area contributed by atoms with Crippen LogP contribution in [0.15, 0.2) is 18.2 Å². The highest BCUT2D eigenvalue weighted by Gasteiger charge is 2.37. The van der Waals surface area contributed by atoms with Crippen molar-refractivity contribution in [2.75, 3.05) is 26.2 Å². The number of rotatable bonds is 3. The molecule has 4 heteroatoms. The van der Waals surface area contributed by atoms with Crippen LogP contribution in [0.3, 0.4) is 0 Å². The van der Waals surface area contributed by atoms with Crippen molar-refractivity contribution in [1.29, 1.82) is 0 Å². The summed E-state index contributed by atoms with van der Waals surface area (Å²) in [4.78, 5) is 2.42. The molecule has 2 fully saturated rings. The summed E-state index contributed by atoms with van der Waals surface area (Å²) < 4.78 is 14.1. The number of halogens is 2. The summed E-state index contributed by atoms with van der Waals surface area (Å²) in [5.41, 5.74) is 0.823. The van der Waals surface area contributed by atoms with Crippen molar-refractivity contribution in [3.8, 4) is 0 Å². The van der Waals surface area contributed by atoms with Gasteiger partial charge in [-0.25, -0.2) is 4.39 Å². The molecule has 1 N–H and O–H groups in total. The number of hydrogen-bond donors (Lipinski definition) is 1. The lowest BCUT2D eigenvalue weighted by molar-refractivity contribution is 0.153. The van der Waals surface area contributed by atoms with Crippen LogP contribution in [0.25, 0.3) is 0 Å². The number of nitrogens with one attached hydrogen (secondary N) is 1. The largest absolute Gasteiger partial charge is 0.314 e. The van der Waals surface area contributed by atoms with E-state index in [0.29, 0.717) is 10.9 Å². The van der Waals surface area contributed by atoms with Crippen molar-refractivity contribution in [2.24, 2.45) is 5.92 Å². The van der Waals surface area contributed by atoms with E-state index < -0.39 is 0 Å². The summed E-state index contributed by atoms with van der Waals surface area (Å²) in [6.45, 7) is 4.00. The topological polar surface area (TPSA) is 15.3 Å². The van der Waals surface area contributed by atoms with Crippen LogP contribution in [0, 0.1) is 11.7 Å². The van der Waals surface area contributed by atoms with E-state index in [9.17, 15) is 4.39 Å². The number of benzene rings is 1. The zero-order valence-corrected chi connectivity index (χ0v) is 11.1. The molecule has 1 saturated heterocycles. The molecule has 0 radical (unpaired) electrons. The first-order valence-corrected chi connectivity index (χ1v) is 7.03. The van der Waals surface area contributed by atoms with E-state index in [2.05, 4.69) is 10.2 Å². The van der Waals surface area contributed by atoms with Crippen LogP contribution in [0.2, 0.25) is 5.02 Å². The Morgan fingerprint density at radius 1 is 1.28 bits per heavy atom. The molecule has 1 heterocycles. The minimum Gasteiger partial charge on any atom is -0.314 e. The van der Waals surface area contributed by atoms with Crippen molar-refractivity contribution in [2.45, 2.75) is 18.9 Å². The third-order valence-corrected chi connectivity index (χ3v) is 4.13. The molecule has 2 nitrogen and oxygen atoms in total. The van der Waals surface area contributed by atoms with Crippen LogP contribution in [-0.4, -0.2) is 31.1 Å². The lowest BCUT2D eigenvalue weighted by atomic mass is 9.99. The van der Waals surface area contributed by atoms with Crippen LogP contribution in [0.5, 0.6) is 0 Å². The van der Waals surface area contributed by atoms with Crippen molar-refractivity contribution >= 4 is 11.6 Å². The summed E-state index contributed by atoms with van der Waals surface area (Å²) >= 11 is 5.84. The second-order valence-electron chi connectivity index (χ2n) is 5.23. The molecule has 18 heavy (non-hydrogen) atoms. The standard InChI is InChI=1S/C14H18ClFN2/c15-11-3-4-12(13(16)9-11)14(10-1-2-10)18-7-5-17-6-8-18/h3-4,9-10,14,17H,1-2,5-8H2/t14-/m0/s1. The third kappa shape index (κ3) is 2.53. The van der Waals surface area contributed by atoms with Crippen LogP contribution in [0.4, 0.5) is 4.39 Å². The van der Waals surface area contributed by atoms with Crippen LogP contribution >= 0.6 is 11.6 Å². The average Bonchev–Trinajstić information content (AvgIpc) is 3.18. The zero-order chi connectivity index (χ0) is 12.5. The fraction of sp³-hybridized carbons (Fsp3) is 0.571. The van der Waals surface area contributed by atoms with Gasteiger partial charge >= 0.3 is 0 Å². The monoisotopic (exact) mass is 268 g/mol. The molecule has 1 aromatic rings. The van der Waals surface area contributed by atoms with Gasteiger partial charge in [-0.3, -0.25) is 4.90 Å². The summed E-state index contributed by atoms with van der Waals surface area (Å²) in [5.74, 6) is 0.469. The molecule has 1 aromatic carbocycles. The Morgan fingerprint density at radius 2 is 2.00 bits per heavy atom. The average molecular weight is 269 g/mol. The molecule has 0 aromatic heterocycles. The maximum atomic E-state index is 14.1. The zero-order valence-electron chi connectivity index (χ0n) is 10.3. The molecule has 1 aliphatic carbocycles. The Labute approximate surface area is 112 Å². The summed E-state index contributed by atoms with van der Waals surface area (Å²) in [6, 6.07) is 5.35. The van der Waals surface area contributed by atoms with Crippen LogP contribution < -0.4 is 5.32 Å². The van der Waals surface area contributed by atoms with Gasteiger partial charge in [-0.15, -0.1) is 0 Å². The van der Waals surface area contributed by atoms with E-state index in [1.165, 1.54) is 18.9 Å². The molecular formula is C14H18ClFN2. The Kier molecular flexibility index (Phi) is 3.55. The van der Waals surface area contributed by atoms with E-state index >= 15 is 0 Å². The van der Waals surface area contributed by atoms with Crippen molar-refractivity contribution in [3.05, 3.63) is 34.6 Å². The molecule has 0 spiro atoms. The van der Waals surface area contributed by atoms with E-state index in [1.807, 2.05) is 6.07 Å². The maximum Gasteiger partial charge on any atom is 0.129 e. The van der Waals surface area contributed by atoms with Gasteiger partial charge in [0.25, 0.3) is 0 Å². The number of hydrogen-bond acceptors (Lipinski definition) is 2. The van der Waals surface area contributed by atoms with Crippen molar-refractivity contribution in [1.82, 2.24) is 10.2 Å². The summed E-state index contributed by atoms with van der Waals surface area (Å²) in [7, 11) is 0.